The van der Waals surface area contributed by atoms with Gasteiger partial charge in [0.2, 0.25) is 0 Å². The van der Waals surface area contributed by atoms with Gasteiger partial charge in [-0.2, -0.15) is 0 Å². The van der Waals surface area contributed by atoms with Crippen molar-refractivity contribution in [1.82, 2.24) is 0 Å². The summed E-state index contributed by atoms with van der Waals surface area (Å²) < 4.78 is 0. The van der Waals surface area contributed by atoms with E-state index in [0.29, 0.717) is 0 Å². The normalized spacial score (nSPS) is 1.50. The fraction of sp³-hybridized carbons (Fsp3) is 0. The maximum atomic E-state index is 5.50. The van der Waals surface area contributed by atoms with Gasteiger partial charge in [-0.3, -0.25) is 0 Å². The third-order valence-electron chi connectivity index (χ3n) is 0. The molecule has 10 heteroatoms. The predicted molar refractivity (Wildman–Crippen MR) is 62.4 cm³/mol. The van der Waals surface area contributed by atoms with Gasteiger partial charge in [0.05, 0.1) is 0 Å². The minimum absolute atomic E-state index is 0. The summed E-state index contributed by atoms with van der Waals surface area (Å²) in [6.45, 7) is 15.0. The Morgan fingerprint density at radius 1 is 0.375 bits per heavy atom. The molecule has 0 radical (unpaired) electrons. The average molecular weight is 350 g/mol. The maximum absolute atomic E-state index is 5.50. The van der Waals surface area contributed by atoms with Crippen molar-refractivity contribution >= 4 is 40.3 Å². The van der Waals surface area contributed by atoms with Gasteiger partial charge in [-0.05, 0) is 40.3 Å². The SMILES string of the molecule is C=N.C=N.C=N.C=N.C=N.C=N.[Fe].[H-].[H-].[H-].[K+].[K+].[K+]. The molecule has 0 spiro atoms. The number of rotatable bonds is 0. The third kappa shape index (κ3) is 397. The van der Waals surface area contributed by atoms with Crippen molar-refractivity contribution in [2.75, 3.05) is 0 Å². The van der Waals surface area contributed by atoms with E-state index in [-0.39, 0.29) is 176 Å². The first-order valence-electron chi connectivity index (χ1n) is 2.12. The molecule has 0 fully saturated rings. The monoisotopic (exact) mass is 350 g/mol. The minimum Gasteiger partial charge on any atom is -1.00 e. The Balaban J connectivity index is -0.00000000193. The van der Waals surface area contributed by atoms with Crippen molar-refractivity contribution in [3.8, 4) is 0 Å². The Morgan fingerprint density at radius 3 is 0.375 bits per heavy atom. The predicted octanol–water partition coefficient (Wildman–Crippen LogP) is -7.06. The number of hydrogen-bond acceptors (Lipinski definition) is 6. The van der Waals surface area contributed by atoms with Crippen molar-refractivity contribution in [2.45, 2.75) is 0 Å². The van der Waals surface area contributed by atoms with Crippen LogP contribution in [0.2, 0.25) is 0 Å². The smallest absolute Gasteiger partial charge is 1.00 e. The zero-order valence-corrected chi connectivity index (χ0v) is 21.1. The summed E-state index contributed by atoms with van der Waals surface area (Å²) in [5.41, 5.74) is 0. The molecule has 0 aliphatic rings. The first-order chi connectivity index (χ1) is 6.00. The second-order valence-corrected chi connectivity index (χ2v) is 0. The van der Waals surface area contributed by atoms with Crippen LogP contribution in [0.4, 0.5) is 0 Å². The largest absolute Gasteiger partial charge is 1.00 e. The molecular formula is C6H21FeK3N6. The van der Waals surface area contributed by atoms with E-state index in [2.05, 4.69) is 40.3 Å². The molecule has 0 aromatic heterocycles. The van der Waals surface area contributed by atoms with Gasteiger partial charge in [0.25, 0.3) is 0 Å². The Morgan fingerprint density at radius 2 is 0.375 bits per heavy atom. The van der Waals surface area contributed by atoms with Gasteiger partial charge >= 0.3 is 154 Å². The number of hydrogen-bond donors (Lipinski definition) is 6. The molecule has 0 atom stereocenters. The van der Waals surface area contributed by atoms with Crippen LogP contribution < -0.4 is 154 Å². The van der Waals surface area contributed by atoms with Crippen LogP contribution in [0.25, 0.3) is 0 Å². The molecule has 0 aliphatic carbocycles. The van der Waals surface area contributed by atoms with Crippen LogP contribution in [0.3, 0.4) is 0 Å². The summed E-state index contributed by atoms with van der Waals surface area (Å²) in [5, 5.41) is 33.0. The summed E-state index contributed by atoms with van der Waals surface area (Å²) in [4.78, 5) is 0. The summed E-state index contributed by atoms with van der Waals surface area (Å²) in [5.74, 6) is 0. The second-order valence-electron chi connectivity index (χ2n) is 0. The van der Waals surface area contributed by atoms with Crippen LogP contribution in [0, 0.1) is 32.5 Å². The van der Waals surface area contributed by atoms with Crippen molar-refractivity contribution in [1.29, 1.82) is 32.5 Å². The molecule has 86 valence electrons. The van der Waals surface area contributed by atoms with Gasteiger partial charge in [0, 0.05) is 17.1 Å². The van der Waals surface area contributed by atoms with Crippen LogP contribution in [0.1, 0.15) is 4.28 Å². The third-order valence-corrected chi connectivity index (χ3v) is 0. The van der Waals surface area contributed by atoms with E-state index in [4.69, 9.17) is 32.5 Å². The first-order valence-corrected chi connectivity index (χ1v) is 2.12. The molecule has 6 nitrogen and oxygen atoms in total. The molecule has 0 unspecified atom stereocenters. The molecule has 0 heterocycles. The van der Waals surface area contributed by atoms with E-state index in [1.165, 1.54) is 0 Å². The molecule has 6 N–H and O–H groups in total. The Labute approximate surface area is 242 Å². The van der Waals surface area contributed by atoms with Gasteiger partial charge in [-0.25, -0.2) is 0 Å². The minimum atomic E-state index is 0. The molecule has 0 saturated heterocycles. The van der Waals surface area contributed by atoms with Gasteiger partial charge in [-0.1, -0.05) is 0 Å². The van der Waals surface area contributed by atoms with Crippen LogP contribution in [0.15, 0.2) is 0 Å². The van der Waals surface area contributed by atoms with Gasteiger partial charge in [-0.15, -0.1) is 0 Å². The van der Waals surface area contributed by atoms with Crippen LogP contribution in [-0.2, 0) is 17.1 Å². The fourth-order valence-electron chi connectivity index (χ4n) is 0. The van der Waals surface area contributed by atoms with Gasteiger partial charge in [0.1, 0.15) is 0 Å². The Kier molecular flexibility index (Phi) is 2190. The molecule has 0 rings (SSSR count). The molecule has 0 aromatic rings. The van der Waals surface area contributed by atoms with Crippen LogP contribution >= 0.6 is 0 Å². The maximum Gasteiger partial charge on any atom is 1.00 e. The van der Waals surface area contributed by atoms with Crippen molar-refractivity contribution in [3.63, 3.8) is 0 Å². The van der Waals surface area contributed by atoms with Crippen LogP contribution in [-0.4, -0.2) is 40.3 Å². The van der Waals surface area contributed by atoms with E-state index in [1.54, 1.807) is 0 Å². The number of nitrogens with one attached hydrogen (secondary N) is 6. The van der Waals surface area contributed by atoms with E-state index in [0.717, 1.165) is 0 Å². The summed E-state index contributed by atoms with van der Waals surface area (Å²) >= 11 is 0. The average Bonchev–Trinajstić information content (AvgIpc) is 2.33. The van der Waals surface area contributed by atoms with Crippen molar-refractivity contribution in [2.24, 2.45) is 0 Å². The summed E-state index contributed by atoms with van der Waals surface area (Å²) in [7, 11) is 0. The van der Waals surface area contributed by atoms with E-state index in [1.807, 2.05) is 0 Å². The van der Waals surface area contributed by atoms with Gasteiger partial charge in [0.15, 0.2) is 0 Å². The molecule has 0 aromatic carbocycles. The topological polar surface area (TPSA) is 143 Å². The fourth-order valence-corrected chi connectivity index (χ4v) is 0. The molecular weight excluding hydrogens is 329 g/mol. The molecule has 0 aliphatic heterocycles. The van der Waals surface area contributed by atoms with E-state index >= 15 is 0 Å². The van der Waals surface area contributed by atoms with E-state index in [9.17, 15) is 0 Å². The molecule has 0 saturated carbocycles. The van der Waals surface area contributed by atoms with Crippen molar-refractivity contribution < 1.29 is 176 Å². The van der Waals surface area contributed by atoms with Gasteiger partial charge < -0.3 is 36.7 Å². The first kappa shape index (κ1) is 74.1. The zero-order chi connectivity index (χ0) is 12.0. The van der Waals surface area contributed by atoms with Crippen LogP contribution in [0.5, 0.6) is 0 Å². The molecule has 0 bridgehead atoms. The summed E-state index contributed by atoms with van der Waals surface area (Å²) in [6.07, 6.45) is 0. The van der Waals surface area contributed by atoms with Crippen molar-refractivity contribution in [3.05, 3.63) is 0 Å². The quantitative estimate of drug-likeness (QED) is 0.182. The molecule has 0 amide bonds. The zero-order valence-electron chi connectivity index (χ0n) is 13.6. The Hall–Kier alpha value is 3.45. The van der Waals surface area contributed by atoms with E-state index < -0.39 is 0 Å². The Bertz CT molecular complexity index is 55.7. The standard InChI is InChI=1S/6CH3N.Fe.3K.3H/c6*1-2;;;;;;;/h6*2H,1H2;;;;;;;/q;;;;;;;3*+1;3*-1. The second kappa shape index (κ2) is 472. The molecule has 16 heavy (non-hydrogen) atoms. The summed E-state index contributed by atoms with van der Waals surface area (Å²) in [6, 6.07) is 0.